The van der Waals surface area contributed by atoms with Crippen LogP contribution in [0.4, 0.5) is 0 Å². The highest BCUT2D eigenvalue weighted by atomic mass is 15.1. The molecule has 7 nitrogen and oxygen atoms in total. The maximum Gasteiger partial charge on any atom is 0.166 e. The number of nitrogens with zero attached hydrogens (tertiary/aromatic N) is 7. The fourth-order valence-corrected chi connectivity index (χ4v) is 7.33. The number of hydrogen-bond acceptors (Lipinski definition) is 6. The SMILES string of the molecule is Cc1ccc2c(c1)c1ccccc1n2-c1c(-c2nc(-c3ccccc3)nc(-c3ccccc3)n2)cccc1-c1nc(-c2ccccc2)nc(-c2ccccc2)n1. The Labute approximate surface area is 323 Å². The second-order valence-corrected chi connectivity index (χ2v) is 13.7. The molecule has 0 unspecified atom stereocenters. The van der Waals surface area contributed by atoms with Gasteiger partial charge < -0.3 is 4.57 Å². The lowest BCUT2D eigenvalue weighted by atomic mass is 10.0. The van der Waals surface area contributed by atoms with Crippen LogP contribution in [-0.4, -0.2) is 34.5 Å². The molecule has 264 valence electrons. The summed E-state index contributed by atoms with van der Waals surface area (Å²) in [6.45, 7) is 2.13. The third kappa shape index (κ3) is 5.97. The Kier molecular flexibility index (Phi) is 8.22. The lowest BCUT2D eigenvalue weighted by Gasteiger charge is -2.19. The highest BCUT2D eigenvalue weighted by molar-refractivity contribution is 6.10. The molecule has 3 aromatic heterocycles. The van der Waals surface area contributed by atoms with Gasteiger partial charge in [-0.05, 0) is 37.3 Å². The molecular formula is C49H33N7. The van der Waals surface area contributed by atoms with Gasteiger partial charge in [-0.15, -0.1) is 0 Å². The average molecular weight is 720 g/mol. The van der Waals surface area contributed by atoms with Crippen LogP contribution in [-0.2, 0) is 0 Å². The summed E-state index contributed by atoms with van der Waals surface area (Å²) in [5.74, 6) is 3.41. The number of benzene rings is 7. The first kappa shape index (κ1) is 33.0. The molecule has 0 aliphatic carbocycles. The summed E-state index contributed by atoms with van der Waals surface area (Å²) in [4.78, 5) is 30.9. The Morgan fingerprint density at radius 2 is 0.696 bits per heavy atom. The molecule has 7 heteroatoms. The highest BCUT2D eigenvalue weighted by Gasteiger charge is 2.24. The van der Waals surface area contributed by atoms with Crippen molar-refractivity contribution in [2.45, 2.75) is 6.92 Å². The monoisotopic (exact) mass is 719 g/mol. The van der Waals surface area contributed by atoms with E-state index in [9.17, 15) is 0 Å². The standard InChI is InChI=1S/C49H33N7/c1-32-29-30-42-40(31-32)37-25-14-15-28-41(37)56(42)43-38(48-52-44(33-17-6-2-7-18-33)50-45(53-48)34-19-8-3-9-20-34)26-16-27-39(43)49-54-46(35-21-10-4-11-22-35)51-47(55-49)36-23-12-5-13-24-36/h2-31H,1H3. The quantitative estimate of drug-likeness (QED) is 0.163. The van der Waals surface area contributed by atoms with E-state index < -0.39 is 0 Å². The summed E-state index contributed by atoms with van der Waals surface area (Å²) in [7, 11) is 0. The van der Waals surface area contributed by atoms with Gasteiger partial charge in [0.2, 0.25) is 0 Å². The highest BCUT2D eigenvalue weighted by Crippen LogP contribution is 2.41. The first-order valence-electron chi connectivity index (χ1n) is 18.6. The van der Waals surface area contributed by atoms with Crippen LogP contribution in [0.1, 0.15) is 5.56 Å². The van der Waals surface area contributed by atoms with E-state index in [4.69, 9.17) is 29.9 Å². The molecule has 0 atom stereocenters. The van der Waals surface area contributed by atoms with Crippen molar-refractivity contribution < 1.29 is 0 Å². The lowest BCUT2D eigenvalue weighted by Crippen LogP contribution is -2.07. The smallest absolute Gasteiger partial charge is 0.166 e. The number of aromatic nitrogens is 7. The van der Waals surface area contributed by atoms with E-state index in [1.54, 1.807) is 0 Å². The van der Waals surface area contributed by atoms with E-state index in [-0.39, 0.29) is 0 Å². The van der Waals surface area contributed by atoms with Crippen LogP contribution in [0.2, 0.25) is 0 Å². The van der Waals surface area contributed by atoms with Crippen molar-refractivity contribution in [3.63, 3.8) is 0 Å². The van der Waals surface area contributed by atoms with Crippen molar-refractivity contribution in [2.75, 3.05) is 0 Å². The molecule has 0 saturated carbocycles. The van der Waals surface area contributed by atoms with Gasteiger partial charge in [0.05, 0.1) is 16.7 Å². The molecule has 10 rings (SSSR count). The molecule has 56 heavy (non-hydrogen) atoms. The largest absolute Gasteiger partial charge is 0.308 e. The number of para-hydroxylation sites is 2. The molecule has 0 aliphatic rings. The lowest BCUT2D eigenvalue weighted by molar-refractivity contribution is 1.05. The molecule has 0 N–H and O–H groups in total. The van der Waals surface area contributed by atoms with Gasteiger partial charge in [-0.1, -0.05) is 157 Å². The van der Waals surface area contributed by atoms with Crippen molar-refractivity contribution in [1.82, 2.24) is 34.5 Å². The maximum atomic E-state index is 5.22. The summed E-state index contributed by atoms with van der Waals surface area (Å²) in [5, 5.41) is 2.29. The van der Waals surface area contributed by atoms with E-state index >= 15 is 0 Å². The van der Waals surface area contributed by atoms with Crippen molar-refractivity contribution in [3.05, 3.63) is 188 Å². The number of hydrogen-bond donors (Lipinski definition) is 0. The van der Waals surface area contributed by atoms with Crippen LogP contribution in [0.3, 0.4) is 0 Å². The summed E-state index contributed by atoms with van der Waals surface area (Å²) in [6, 6.07) is 61.6. The Bertz CT molecular complexity index is 2760. The van der Waals surface area contributed by atoms with E-state index in [1.165, 1.54) is 5.56 Å². The molecular weight excluding hydrogens is 687 g/mol. The zero-order valence-electron chi connectivity index (χ0n) is 30.5. The fraction of sp³-hybridized carbons (Fsp3) is 0.0204. The minimum absolute atomic E-state index is 0.535. The fourth-order valence-electron chi connectivity index (χ4n) is 7.33. The maximum absolute atomic E-state index is 5.22. The van der Waals surface area contributed by atoms with Crippen molar-refractivity contribution in [1.29, 1.82) is 0 Å². The summed E-state index contributed by atoms with van der Waals surface area (Å²) in [6.07, 6.45) is 0. The van der Waals surface area contributed by atoms with Gasteiger partial charge in [0, 0.05) is 44.2 Å². The molecule has 7 aromatic carbocycles. The summed E-state index contributed by atoms with van der Waals surface area (Å²) >= 11 is 0. The number of fused-ring (bicyclic) bond motifs is 3. The predicted molar refractivity (Wildman–Crippen MR) is 225 cm³/mol. The van der Waals surface area contributed by atoms with Gasteiger partial charge in [-0.25, -0.2) is 29.9 Å². The second-order valence-electron chi connectivity index (χ2n) is 13.7. The van der Waals surface area contributed by atoms with E-state index in [1.807, 2.05) is 127 Å². The Morgan fingerprint density at radius 3 is 1.14 bits per heavy atom. The van der Waals surface area contributed by atoms with Crippen molar-refractivity contribution in [2.24, 2.45) is 0 Å². The average Bonchev–Trinajstić information content (AvgIpc) is 3.60. The number of rotatable bonds is 7. The molecule has 0 fully saturated rings. The van der Waals surface area contributed by atoms with Gasteiger partial charge in [0.25, 0.3) is 0 Å². The third-order valence-corrected chi connectivity index (χ3v) is 9.97. The first-order valence-corrected chi connectivity index (χ1v) is 18.6. The summed E-state index contributed by atoms with van der Waals surface area (Å²) < 4.78 is 2.32. The Balaban J connectivity index is 1.33. The van der Waals surface area contributed by atoms with Crippen molar-refractivity contribution >= 4 is 21.8 Å². The normalized spacial score (nSPS) is 11.3. The van der Waals surface area contributed by atoms with Gasteiger partial charge in [-0.2, -0.15) is 0 Å². The molecule has 3 heterocycles. The molecule has 0 radical (unpaired) electrons. The Morgan fingerprint density at radius 1 is 0.321 bits per heavy atom. The zero-order chi connectivity index (χ0) is 37.4. The predicted octanol–water partition coefficient (Wildman–Crippen LogP) is 11.5. The second kappa shape index (κ2) is 14.0. The molecule has 0 saturated heterocycles. The van der Waals surface area contributed by atoms with E-state index in [0.29, 0.717) is 34.9 Å². The summed E-state index contributed by atoms with van der Waals surface area (Å²) in [5.41, 5.74) is 9.35. The van der Waals surface area contributed by atoms with Crippen LogP contribution in [0.5, 0.6) is 0 Å². The van der Waals surface area contributed by atoms with E-state index in [0.717, 1.165) is 60.9 Å². The van der Waals surface area contributed by atoms with Gasteiger partial charge in [-0.3, -0.25) is 0 Å². The number of aryl methyl sites for hydroxylation is 1. The molecule has 10 aromatic rings. The zero-order valence-corrected chi connectivity index (χ0v) is 30.5. The van der Waals surface area contributed by atoms with Crippen LogP contribution in [0.15, 0.2) is 182 Å². The topological polar surface area (TPSA) is 82.3 Å². The third-order valence-electron chi connectivity index (χ3n) is 9.97. The first-order chi connectivity index (χ1) is 27.7. The van der Waals surface area contributed by atoms with Gasteiger partial charge >= 0.3 is 0 Å². The Hall–Kier alpha value is -7.64. The molecule has 0 amide bonds. The van der Waals surface area contributed by atoms with Crippen molar-refractivity contribution in [3.8, 4) is 74.0 Å². The van der Waals surface area contributed by atoms with Crippen LogP contribution in [0.25, 0.3) is 95.8 Å². The van der Waals surface area contributed by atoms with Gasteiger partial charge in [0.1, 0.15) is 0 Å². The molecule has 0 bridgehead atoms. The van der Waals surface area contributed by atoms with E-state index in [2.05, 4.69) is 66.1 Å². The van der Waals surface area contributed by atoms with Gasteiger partial charge in [0.15, 0.2) is 34.9 Å². The van der Waals surface area contributed by atoms with Crippen LogP contribution < -0.4 is 0 Å². The minimum atomic E-state index is 0.535. The molecule has 0 aliphatic heterocycles. The van der Waals surface area contributed by atoms with Crippen LogP contribution >= 0.6 is 0 Å². The minimum Gasteiger partial charge on any atom is -0.308 e. The van der Waals surface area contributed by atoms with Crippen LogP contribution in [0, 0.1) is 6.92 Å². The molecule has 0 spiro atoms.